The van der Waals surface area contributed by atoms with Crippen molar-refractivity contribution in [3.63, 3.8) is 0 Å². The molecule has 170 valence electrons. The van der Waals surface area contributed by atoms with E-state index in [0.29, 0.717) is 16.4 Å². The van der Waals surface area contributed by atoms with Gasteiger partial charge in [0, 0.05) is 16.2 Å². The maximum absolute atomic E-state index is 10.9. The van der Waals surface area contributed by atoms with Crippen LogP contribution in [0.1, 0.15) is 52.7 Å². The summed E-state index contributed by atoms with van der Waals surface area (Å²) < 4.78 is 6.08. The normalized spacial score (nSPS) is 13.3. The zero-order valence-electron chi connectivity index (χ0n) is 19.5. The molecule has 0 fully saturated rings. The van der Waals surface area contributed by atoms with Crippen molar-refractivity contribution in [2.24, 2.45) is 0 Å². The monoisotopic (exact) mass is 470 g/mol. The Labute approximate surface area is 193 Å². The van der Waals surface area contributed by atoms with Crippen LogP contribution in [0.25, 0.3) is 11.1 Å². The lowest BCUT2D eigenvalue weighted by molar-refractivity contribution is 0.477. The third-order valence-electron chi connectivity index (χ3n) is 5.34. The Bertz CT molecular complexity index is 1060. The SMILES string of the molecule is CC(C)(C)c1ccc(OP(O)c2ccc(-c3cccc(P(O)O)c3)cc2)c(C(C)(C)C)c1. The summed E-state index contributed by atoms with van der Waals surface area (Å²) in [5.41, 5.74) is 4.03. The Morgan fingerprint density at radius 3 is 1.88 bits per heavy atom. The average molecular weight is 470 g/mol. The minimum atomic E-state index is -2.13. The molecular weight excluding hydrogens is 438 g/mol. The molecular formula is C26H32O4P2. The Morgan fingerprint density at radius 1 is 0.656 bits per heavy atom. The van der Waals surface area contributed by atoms with Gasteiger partial charge in [-0.25, -0.2) is 0 Å². The van der Waals surface area contributed by atoms with E-state index in [4.69, 9.17) is 4.52 Å². The second-order valence-electron chi connectivity index (χ2n) is 9.96. The average Bonchev–Trinajstić information content (AvgIpc) is 2.72. The van der Waals surface area contributed by atoms with Gasteiger partial charge in [0.25, 0.3) is 8.38 Å². The van der Waals surface area contributed by atoms with Crippen LogP contribution in [0.5, 0.6) is 5.75 Å². The van der Waals surface area contributed by atoms with E-state index < -0.39 is 16.8 Å². The molecule has 0 aromatic heterocycles. The molecule has 0 spiro atoms. The van der Waals surface area contributed by atoms with Crippen LogP contribution in [0.15, 0.2) is 66.7 Å². The standard InChI is InChI=1S/C26H32O4P2/c1-25(2,3)20-12-15-24(23(17-20)26(4,5)6)30-32(29)21-13-10-18(11-14-21)19-8-7-9-22(16-19)31(27)28/h7-17,27-29H,1-6H3. The highest BCUT2D eigenvalue weighted by molar-refractivity contribution is 7.55. The van der Waals surface area contributed by atoms with Gasteiger partial charge >= 0.3 is 0 Å². The highest BCUT2D eigenvalue weighted by atomic mass is 31.2. The summed E-state index contributed by atoms with van der Waals surface area (Å²) >= 11 is 0. The second-order valence-corrected chi connectivity index (χ2v) is 12.3. The van der Waals surface area contributed by atoms with Crippen molar-refractivity contribution in [1.82, 2.24) is 0 Å². The van der Waals surface area contributed by atoms with Crippen molar-refractivity contribution in [2.45, 2.75) is 52.4 Å². The molecule has 0 bridgehead atoms. The summed E-state index contributed by atoms with van der Waals surface area (Å²) in [5, 5.41) is 1.22. The maximum atomic E-state index is 10.9. The van der Waals surface area contributed by atoms with Crippen molar-refractivity contribution in [2.75, 3.05) is 0 Å². The molecule has 3 N–H and O–H groups in total. The molecule has 3 aromatic carbocycles. The molecule has 0 aliphatic heterocycles. The van der Waals surface area contributed by atoms with Crippen LogP contribution >= 0.6 is 16.8 Å². The quantitative estimate of drug-likeness (QED) is 0.408. The first kappa shape index (κ1) is 24.8. The minimum Gasteiger partial charge on any atom is -0.444 e. The smallest absolute Gasteiger partial charge is 0.262 e. The van der Waals surface area contributed by atoms with Crippen LogP contribution in [0.2, 0.25) is 0 Å². The summed E-state index contributed by atoms with van der Waals surface area (Å²) in [4.78, 5) is 29.8. The van der Waals surface area contributed by atoms with Gasteiger partial charge in [-0.05, 0) is 57.9 Å². The molecule has 1 unspecified atom stereocenters. The summed E-state index contributed by atoms with van der Waals surface area (Å²) in [6, 6.07) is 20.9. The van der Waals surface area contributed by atoms with E-state index in [1.165, 1.54) is 5.56 Å². The molecule has 0 aliphatic carbocycles. The molecule has 0 radical (unpaired) electrons. The Balaban J connectivity index is 1.85. The first-order chi connectivity index (χ1) is 14.9. The van der Waals surface area contributed by atoms with E-state index in [1.54, 1.807) is 18.2 Å². The Morgan fingerprint density at radius 2 is 1.31 bits per heavy atom. The lowest BCUT2D eigenvalue weighted by Gasteiger charge is -2.27. The van der Waals surface area contributed by atoms with Gasteiger partial charge < -0.3 is 19.2 Å². The van der Waals surface area contributed by atoms with Crippen LogP contribution in [-0.2, 0) is 10.8 Å². The Kier molecular flexibility index (Phi) is 7.44. The van der Waals surface area contributed by atoms with Crippen LogP contribution < -0.4 is 15.1 Å². The number of rotatable bonds is 5. The third kappa shape index (κ3) is 5.95. The molecule has 0 amide bonds. The number of hydrogen-bond donors (Lipinski definition) is 3. The second kappa shape index (κ2) is 9.59. The molecule has 0 saturated carbocycles. The third-order valence-corrected chi connectivity index (χ3v) is 7.19. The van der Waals surface area contributed by atoms with Gasteiger partial charge in [-0.2, -0.15) is 0 Å². The number of benzene rings is 3. The summed E-state index contributed by atoms with van der Waals surface area (Å²) in [5.74, 6) is 0.704. The largest absolute Gasteiger partial charge is 0.444 e. The highest BCUT2D eigenvalue weighted by Crippen LogP contribution is 2.41. The predicted molar refractivity (Wildman–Crippen MR) is 136 cm³/mol. The molecule has 0 aliphatic rings. The van der Waals surface area contributed by atoms with Gasteiger partial charge in [0.15, 0.2) is 8.38 Å². The van der Waals surface area contributed by atoms with E-state index in [9.17, 15) is 14.7 Å². The van der Waals surface area contributed by atoms with Gasteiger partial charge in [0.2, 0.25) is 0 Å². The zero-order chi connectivity index (χ0) is 23.7. The summed E-state index contributed by atoms with van der Waals surface area (Å²) in [6.07, 6.45) is 0. The van der Waals surface area contributed by atoms with Crippen molar-refractivity contribution < 1.29 is 19.2 Å². The lowest BCUT2D eigenvalue weighted by atomic mass is 9.80. The number of hydrogen-bond acceptors (Lipinski definition) is 4. The lowest BCUT2D eigenvalue weighted by Crippen LogP contribution is -2.17. The fourth-order valence-corrected chi connectivity index (χ4v) is 4.73. The minimum absolute atomic E-state index is 0.0306. The van der Waals surface area contributed by atoms with Crippen molar-refractivity contribution in [1.29, 1.82) is 0 Å². The van der Waals surface area contributed by atoms with Gasteiger partial charge in [0.05, 0.1) is 0 Å². The molecule has 6 heteroatoms. The molecule has 4 nitrogen and oxygen atoms in total. The van der Waals surface area contributed by atoms with Crippen molar-refractivity contribution >= 4 is 27.4 Å². The topological polar surface area (TPSA) is 69.9 Å². The van der Waals surface area contributed by atoms with Gasteiger partial charge in [-0.3, -0.25) is 0 Å². The molecule has 3 rings (SSSR count). The van der Waals surface area contributed by atoms with E-state index in [1.807, 2.05) is 36.4 Å². The van der Waals surface area contributed by atoms with Crippen LogP contribution in [-0.4, -0.2) is 14.7 Å². The molecule has 0 saturated heterocycles. The Hall–Kier alpha value is -1.80. The zero-order valence-corrected chi connectivity index (χ0v) is 21.3. The first-order valence-corrected chi connectivity index (χ1v) is 13.0. The van der Waals surface area contributed by atoms with E-state index in [0.717, 1.165) is 16.7 Å². The molecule has 1 atom stereocenters. The molecule has 0 heterocycles. The van der Waals surface area contributed by atoms with E-state index in [2.05, 4.69) is 53.7 Å². The van der Waals surface area contributed by atoms with E-state index >= 15 is 0 Å². The summed E-state index contributed by atoms with van der Waals surface area (Å²) in [7, 11) is -3.95. The maximum Gasteiger partial charge on any atom is 0.262 e. The van der Waals surface area contributed by atoms with Gasteiger partial charge in [-0.15, -0.1) is 0 Å². The van der Waals surface area contributed by atoms with E-state index in [-0.39, 0.29) is 10.8 Å². The van der Waals surface area contributed by atoms with Crippen LogP contribution in [0.4, 0.5) is 0 Å². The predicted octanol–water partition coefficient (Wildman–Crippen LogP) is 5.88. The molecule has 32 heavy (non-hydrogen) atoms. The summed E-state index contributed by atoms with van der Waals surface area (Å²) in [6.45, 7) is 13.0. The van der Waals surface area contributed by atoms with Gasteiger partial charge in [-0.1, -0.05) is 77.9 Å². The van der Waals surface area contributed by atoms with Crippen LogP contribution in [0.3, 0.4) is 0 Å². The fourth-order valence-electron chi connectivity index (χ4n) is 3.40. The molecule has 3 aromatic rings. The van der Waals surface area contributed by atoms with Gasteiger partial charge in [0.1, 0.15) is 5.75 Å². The van der Waals surface area contributed by atoms with Crippen molar-refractivity contribution in [3.05, 3.63) is 77.9 Å². The fraction of sp³-hybridized carbons (Fsp3) is 0.308. The first-order valence-electron chi connectivity index (χ1n) is 10.6. The highest BCUT2D eigenvalue weighted by Gasteiger charge is 2.25. The van der Waals surface area contributed by atoms with Crippen molar-refractivity contribution in [3.8, 4) is 16.9 Å². The van der Waals surface area contributed by atoms with Crippen LogP contribution in [0, 0.1) is 0 Å².